The predicted molar refractivity (Wildman–Crippen MR) is 92.5 cm³/mol. The Morgan fingerprint density at radius 1 is 1.45 bits per heavy atom. The summed E-state index contributed by atoms with van der Waals surface area (Å²) in [4.78, 5) is 25.4. The lowest BCUT2D eigenvalue weighted by Crippen LogP contribution is -2.42. The van der Waals surface area contributed by atoms with E-state index in [2.05, 4.69) is 29.9 Å². The third kappa shape index (κ3) is 3.43. The first kappa shape index (κ1) is 15.7. The Morgan fingerprint density at radius 2 is 2.32 bits per heavy atom. The first-order chi connectivity index (χ1) is 10.6. The lowest BCUT2D eigenvalue weighted by atomic mass is 10.0. The monoisotopic (exact) mass is 335 g/mol. The average molecular weight is 335 g/mol. The van der Waals surface area contributed by atoms with Crippen LogP contribution in [0.2, 0.25) is 0 Å². The molecule has 0 bridgehead atoms. The first-order valence-corrected chi connectivity index (χ1v) is 9.59. The second-order valence-electron chi connectivity index (χ2n) is 5.79. The van der Waals surface area contributed by atoms with Crippen LogP contribution in [0.4, 0.5) is 0 Å². The molecule has 6 heteroatoms. The highest BCUT2D eigenvalue weighted by atomic mass is 32.2. The minimum atomic E-state index is 0.284. The lowest BCUT2D eigenvalue weighted by Gasteiger charge is -2.33. The maximum absolute atomic E-state index is 12.3. The van der Waals surface area contributed by atoms with Crippen LogP contribution in [-0.2, 0) is 4.79 Å². The van der Waals surface area contributed by atoms with Crippen LogP contribution in [0, 0.1) is 6.92 Å². The minimum absolute atomic E-state index is 0.284. The van der Waals surface area contributed by atoms with Crippen molar-refractivity contribution in [1.29, 1.82) is 0 Å². The van der Waals surface area contributed by atoms with E-state index in [0.717, 1.165) is 40.4 Å². The highest BCUT2D eigenvalue weighted by molar-refractivity contribution is 7.99. The molecule has 1 fully saturated rings. The molecule has 3 rings (SSSR count). The second kappa shape index (κ2) is 6.96. The molecule has 2 aromatic rings. The molecule has 0 aromatic carbocycles. The van der Waals surface area contributed by atoms with Gasteiger partial charge in [-0.3, -0.25) is 4.79 Å². The molecule has 0 radical (unpaired) electrons. The zero-order chi connectivity index (χ0) is 15.5. The Morgan fingerprint density at radius 3 is 3.14 bits per heavy atom. The quantitative estimate of drug-likeness (QED) is 0.628. The summed E-state index contributed by atoms with van der Waals surface area (Å²) in [6.07, 6.45) is 5.73. The summed E-state index contributed by atoms with van der Waals surface area (Å²) in [5, 5.41) is 2.11. The normalized spacial score (nSPS) is 18.8. The number of thioether (sulfide) groups is 1. The van der Waals surface area contributed by atoms with Crippen molar-refractivity contribution in [3.63, 3.8) is 0 Å². The molecule has 1 saturated heterocycles. The molecule has 3 heterocycles. The zero-order valence-electron chi connectivity index (χ0n) is 13.0. The fraction of sp³-hybridized carbons (Fsp3) is 0.562. The molecule has 4 nitrogen and oxygen atoms in total. The van der Waals surface area contributed by atoms with Crippen LogP contribution in [0.15, 0.2) is 17.4 Å². The van der Waals surface area contributed by atoms with Gasteiger partial charge in [-0.15, -0.1) is 23.1 Å². The third-order valence-corrected chi connectivity index (χ3v) is 6.06. The highest BCUT2D eigenvalue weighted by Crippen LogP contribution is 2.30. The van der Waals surface area contributed by atoms with Crippen LogP contribution in [0.25, 0.3) is 10.2 Å². The number of carbonyl (C=O) groups excluding carboxylic acids is 1. The number of amides is 1. The smallest absolute Gasteiger partial charge is 0.223 e. The van der Waals surface area contributed by atoms with Crippen LogP contribution >= 0.6 is 23.1 Å². The van der Waals surface area contributed by atoms with Crippen molar-refractivity contribution >= 4 is 39.2 Å². The summed E-state index contributed by atoms with van der Waals surface area (Å²) in [6.45, 7) is 5.17. The molecule has 1 amide bonds. The van der Waals surface area contributed by atoms with Gasteiger partial charge in [0.25, 0.3) is 0 Å². The van der Waals surface area contributed by atoms with Crippen LogP contribution in [0.3, 0.4) is 0 Å². The summed E-state index contributed by atoms with van der Waals surface area (Å²) in [7, 11) is 0. The summed E-state index contributed by atoms with van der Waals surface area (Å²) in [5.74, 6) is 1.06. The Labute approximate surface area is 139 Å². The van der Waals surface area contributed by atoms with Gasteiger partial charge in [-0.05, 0) is 39.2 Å². The van der Waals surface area contributed by atoms with E-state index in [1.165, 1.54) is 11.3 Å². The SMILES string of the molecule is Cc1cc2c(SCCC(=O)N3CCCCC3C)ncnc2s1. The Balaban J connectivity index is 1.59. The fourth-order valence-corrected chi connectivity index (χ4v) is 4.73. The molecule has 22 heavy (non-hydrogen) atoms. The number of piperidine rings is 1. The van der Waals surface area contributed by atoms with Gasteiger partial charge in [-0.2, -0.15) is 0 Å². The van der Waals surface area contributed by atoms with Crippen molar-refractivity contribution in [3.8, 4) is 0 Å². The van der Waals surface area contributed by atoms with Crippen molar-refractivity contribution < 1.29 is 4.79 Å². The van der Waals surface area contributed by atoms with Gasteiger partial charge in [0.1, 0.15) is 16.2 Å². The van der Waals surface area contributed by atoms with Gasteiger partial charge >= 0.3 is 0 Å². The van der Waals surface area contributed by atoms with Crippen molar-refractivity contribution in [2.75, 3.05) is 12.3 Å². The van der Waals surface area contributed by atoms with Gasteiger partial charge < -0.3 is 4.90 Å². The van der Waals surface area contributed by atoms with Gasteiger partial charge in [-0.25, -0.2) is 9.97 Å². The molecule has 1 unspecified atom stereocenters. The second-order valence-corrected chi connectivity index (χ2v) is 8.10. The molecule has 2 aromatic heterocycles. The van der Waals surface area contributed by atoms with E-state index >= 15 is 0 Å². The molecular formula is C16H21N3OS2. The molecule has 0 aliphatic carbocycles. The Kier molecular flexibility index (Phi) is 4.98. The number of hydrogen-bond donors (Lipinski definition) is 0. The molecule has 1 aliphatic heterocycles. The number of aryl methyl sites for hydroxylation is 1. The van der Waals surface area contributed by atoms with Crippen LogP contribution in [0.1, 0.15) is 37.5 Å². The highest BCUT2D eigenvalue weighted by Gasteiger charge is 2.22. The number of nitrogens with zero attached hydrogens (tertiary/aromatic N) is 3. The number of carbonyl (C=O) groups is 1. The van der Waals surface area contributed by atoms with E-state index in [4.69, 9.17) is 0 Å². The van der Waals surface area contributed by atoms with Gasteiger partial charge in [0.15, 0.2) is 0 Å². The largest absolute Gasteiger partial charge is 0.340 e. The van der Waals surface area contributed by atoms with E-state index in [-0.39, 0.29) is 5.91 Å². The van der Waals surface area contributed by atoms with Gasteiger partial charge in [-0.1, -0.05) is 0 Å². The van der Waals surface area contributed by atoms with Gasteiger partial charge in [0, 0.05) is 35.0 Å². The average Bonchev–Trinajstić information content (AvgIpc) is 2.88. The maximum Gasteiger partial charge on any atom is 0.223 e. The lowest BCUT2D eigenvalue weighted by molar-refractivity contribution is -0.133. The number of likely N-dealkylation sites (tertiary alicyclic amines) is 1. The summed E-state index contributed by atoms with van der Waals surface area (Å²) < 4.78 is 0. The third-order valence-electron chi connectivity index (χ3n) is 4.09. The van der Waals surface area contributed by atoms with E-state index < -0.39 is 0 Å². The number of hydrogen-bond acceptors (Lipinski definition) is 5. The van der Waals surface area contributed by atoms with Crippen LogP contribution in [-0.4, -0.2) is 39.1 Å². The summed E-state index contributed by atoms with van der Waals surface area (Å²) >= 11 is 3.35. The van der Waals surface area contributed by atoms with Crippen LogP contribution in [0.5, 0.6) is 0 Å². The zero-order valence-corrected chi connectivity index (χ0v) is 14.7. The number of rotatable bonds is 4. The Bertz CT molecular complexity index is 670. The molecular weight excluding hydrogens is 314 g/mol. The first-order valence-electron chi connectivity index (χ1n) is 7.78. The van der Waals surface area contributed by atoms with Gasteiger partial charge in [0.2, 0.25) is 5.91 Å². The topological polar surface area (TPSA) is 46.1 Å². The maximum atomic E-state index is 12.3. The van der Waals surface area contributed by atoms with E-state index in [0.29, 0.717) is 12.5 Å². The molecule has 0 saturated carbocycles. The standard InChI is InChI=1S/C16H21N3OS2/c1-11-5-3-4-7-19(11)14(20)6-8-21-15-13-9-12(2)22-16(13)18-10-17-15/h9-11H,3-8H2,1-2H3. The van der Waals surface area contributed by atoms with Crippen molar-refractivity contribution in [2.24, 2.45) is 0 Å². The molecule has 1 aliphatic rings. The minimum Gasteiger partial charge on any atom is -0.340 e. The summed E-state index contributed by atoms with van der Waals surface area (Å²) in [5.41, 5.74) is 0. The Hall–Kier alpha value is -1.14. The van der Waals surface area contributed by atoms with Crippen molar-refractivity contribution in [1.82, 2.24) is 14.9 Å². The van der Waals surface area contributed by atoms with E-state index in [9.17, 15) is 4.79 Å². The number of thiophene rings is 1. The fourth-order valence-electron chi connectivity index (χ4n) is 2.92. The molecule has 0 N–H and O–H groups in total. The van der Waals surface area contributed by atoms with Crippen LogP contribution < -0.4 is 0 Å². The van der Waals surface area contributed by atoms with E-state index in [1.54, 1.807) is 29.4 Å². The molecule has 0 spiro atoms. The molecule has 1 atom stereocenters. The summed E-state index contributed by atoms with van der Waals surface area (Å²) in [6, 6.07) is 2.54. The van der Waals surface area contributed by atoms with Gasteiger partial charge in [0.05, 0.1) is 0 Å². The predicted octanol–water partition coefficient (Wildman–Crippen LogP) is 3.88. The number of aromatic nitrogens is 2. The van der Waals surface area contributed by atoms with Crippen molar-refractivity contribution in [2.45, 2.75) is 50.6 Å². The van der Waals surface area contributed by atoms with E-state index in [1.807, 2.05) is 4.90 Å². The number of fused-ring (bicyclic) bond motifs is 1. The molecule has 118 valence electrons. The van der Waals surface area contributed by atoms with Crippen molar-refractivity contribution in [3.05, 3.63) is 17.3 Å².